The number of rotatable bonds is 1. The third kappa shape index (κ3) is 1.63. The fraction of sp³-hybridized carbons (Fsp3) is 0.118. The second-order valence-electron chi connectivity index (χ2n) is 5.18. The van der Waals surface area contributed by atoms with Gasteiger partial charge in [0.1, 0.15) is 0 Å². The summed E-state index contributed by atoms with van der Waals surface area (Å²) in [4.78, 5) is 11.9. The Morgan fingerprint density at radius 3 is 2.55 bits per heavy atom. The maximum Gasteiger partial charge on any atom is 0.319 e. The van der Waals surface area contributed by atoms with E-state index in [0.29, 0.717) is 0 Å². The molecule has 1 heterocycles. The molecule has 2 aromatic rings. The minimum atomic E-state index is -0.130. The van der Waals surface area contributed by atoms with Gasteiger partial charge in [0, 0.05) is 5.56 Å². The van der Waals surface area contributed by atoms with Crippen LogP contribution in [-0.2, 0) is 6.42 Å². The summed E-state index contributed by atoms with van der Waals surface area (Å²) < 4.78 is 0. The summed E-state index contributed by atoms with van der Waals surface area (Å²) in [5, 5.41) is 5.99. The summed E-state index contributed by atoms with van der Waals surface area (Å²) in [7, 11) is 0. The summed E-state index contributed by atoms with van der Waals surface area (Å²) in [6, 6.07) is 18.2. The molecule has 2 amide bonds. The topological polar surface area (TPSA) is 41.1 Å². The van der Waals surface area contributed by atoms with E-state index in [1.165, 1.54) is 11.1 Å². The van der Waals surface area contributed by atoms with Crippen LogP contribution in [0.4, 0.5) is 4.79 Å². The van der Waals surface area contributed by atoms with E-state index < -0.39 is 0 Å². The Hall–Kier alpha value is -2.55. The van der Waals surface area contributed by atoms with Gasteiger partial charge >= 0.3 is 6.03 Å². The van der Waals surface area contributed by atoms with Crippen molar-refractivity contribution >= 4 is 11.7 Å². The molecule has 0 spiro atoms. The standard InChI is InChI=1S/C17H14N2O/c20-17-18-15(11-6-2-1-3-7-11)14-10-12-8-4-5-9-13(12)16(14)19-17/h1-9,15H,10H2,(H2,18,19,20). The van der Waals surface area contributed by atoms with Crippen molar-refractivity contribution in [1.29, 1.82) is 0 Å². The quantitative estimate of drug-likeness (QED) is 0.815. The molecule has 0 aromatic heterocycles. The first-order valence-electron chi connectivity index (χ1n) is 6.77. The molecule has 2 aromatic carbocycles. The molecule has 1 aliphatic heterocycles. The van der Waals surface area contributed by atoms with Gasteiger partial charge in [-0.2, -0.15) is 0 Å². The maximum absolute atomic E-state index is 11.9. The van der Waals surface area contributed by atoms with Crippen molar-refractivity contribution in [1.82, 2.24) is 10.6 Å². The molecule has 2 aliphatic rings. The van der Waals surface area contributed by atoms with Crippen LogP contribution >= 0.6 is 0 Å². The summed E-state index contributed by atoms with van der Waals surface area (Å²) in [5.74, 6) is 0. The summed E-state index contributed by atoms with van der Waals surface area (Å²) in [6.45, 7) is 0. The van der Waals surface area contributed by atoms with Gasteiger partial charge < -0.3 is 10.6 Å². The summed E-state index contributed by atoms with van der Waals surface area (Å²) >= 11 is 0. The highest BCUT2D eigenvalue weighted by Gasteiger charge is 2.33. The first kappa shape index (κ1) is 11.3. The van der Waals surface area contributed by atoms with Crippen molar-refractivity contribution in [2.45, 2.75) is 12.5 Å². The first-order chi connectivity index (χ1) is 9.83. The number of hydrogen-bond acceptors (Lipinski definition) is 1. The van der Waals surface area contributed by atoms with Crippen LogP contribution in [0.2, 0.25) is 0 Å². The molecule has 0 radical (unpaired) electrons. The summed E-state index contributed by atoms with van der Waals surface area (Å²) in [5.41, 5.74) is 5.79. The van der Waals surface area contributed by atoms with Gasteiger partial charge in [0.2, 0.25) is 0 Å². The van der Waals surface area contributed by atoms with Crippen LogP contribution in [-0.4, -0.2) is 6.03 Å². The van der Waals surface area contributed by atoms with E-state index in [0.717, 1.165) is 23.2 Å². The first-order valence-corrected chi connectivity index (χ1v) is 6.77. The number of hydrogen-bond donors (Lipinski definition) is 2. The van der Waals surface area contributed by atoms with Crippen LogP contribution in [0.25, 0.3) is 5.70 Å². The number of fused-ring (bicyclic) bond motifs is 2. The monoisotopic (exact) mass is 262 g/mol. The van der Waals surface area contributed by atoms with Crippen LogP contribution in [0.1, 0.15) is 22.7 Å². The van der Waals surface area contributed by atoms with Crippen LogP contribution in [0.5, 0.6) is 0 Å². The van der Waals surface area contributed by atoms with Crippen LogP contribution in [0.15, 0.2) is 60.2 Å². The molecule has 3 nitrogen and oxygen atoms in total. The molecule has 0 saturated heterocycles. The number of urea groups is 1. The van der Waals surface area contributed by atoms with E-state index in [9.17, 15) is 4.79 Å². The molecule has 4 rings (SSSR count). The lowest BCUT2D eigenvalue weighted by Gasteiger charge is -2.27. The predicted octanol–water partition coefficient (Wildman–Crippen LogP) is 3.01. The molecule has 3 heteroatoms. The highest BCUT2D eigenvalue weighted by molar-refractivity contribution is 5.92. The van der Waals surface area contributed by atoms with Crippen molar-refractivity contribution in [3.05, 3.63) is 76.9 Å². The lowest BCUT2D eigenvalue weighted by atomic mass is 9.95. The number of nitrogens with one attached hydrogen (secondary N) is 2. The molecular weight excluding hydrogens is 248 g/mol. The molecule has 0 saturated carbocycles. The Morgan fingerprint density at radius 1 is 0.950 bits per heavy atom. The van der Waals surface area contributed by atoms with Gasteiger partial charge in [-0.15, -0.1) is 0 Å². The molecule has 1 aliphatic carbocycles. The van der Waals surface area contributed by atoms with Crippen LogP contribution in [0, 0.1) is 0 Å². The van der Waals surface area contributed by atoms with Gasteiger partial charge in [0.15, 0.2) is 0 Å². The van der Waals surface area contributed by atoms with Crippen LogP contribution in [0.3, 0.4) is 0 Å². The highest BCUT2D eigenvalue weighted by atomic mass is 16.2. The highest BCUT2D eigenvalue weighted by Crippen LogP contribution is 2.39. The van der Waals surface area contributed by atoms with Crippen molar-refractivity contribution in [2.75, 3.05) is 0 Å². The van der Waals surface area contributed by atoms with Crippen molar-refractivity contribution in [2.24, 2.45) is 0 Å². The van der Waals surface area contributed by atoms with Gasteiger partial charge in [0.25, 0.3) is 0 Å². The fourth-order valence-electron chi connectivity index (χ4n) is 3.08. The Labute approximate surface area is 117 Å². The molecule has 98 valence electrons. The number of carbonyl (C=O) groups excluding carboxylic acids is 1. The number of benzene rings is 2. The van der Waals surface area contributed by atoms with Crippen LogP contribution < -0.4 is 10.6 Å². The molecular formula is C17H14N2O. The van der Waals surface area contributed by atoms with E-state index in [4.69, 9.17) is 0 Å². The third-order valence-corrected chi connectivity index (χ3v) is 3.98. The van der Waals surface area contributed by atoms with Crippen molar-refractivity contribution < 1.29 is 4.79 Å². The minimum absolute atomic E-state index is 0.0349. The van der Waals surface area contributed by atoms with E-state index in [2.05, 4.69) is 34.9 Å². The second kappa shape index (κ2) is 4.23. The van der Waals surface area contributed by atoms with Gasteiger partial charge in [-0.1, -0.05) is 54.6 Å². The summed E-state index contributed by atoms with van der Waals surface area (Å²) in [6.07, 6.45) is 0.887. The molecule has 1 unspecified atom stereocenters. The minimum Gasteiger partial charge on any atom is -0.327 e. The van der Waals surface area contributed by atoms with E-state index in [-0.39, 0.29) is 12.1 Å². The van der Waals surface area contributed by atoms with E-state index in [1.807, 2.05) is 30.3 Å². The van der Waals surface area contributed by atoms with Crippen molar-refractivity contribution in [3.63, 3.8) is 0 Å². The van der Waals surface area contributed by atoms with Gasteiger partial charge in [-0.05, 0) is 23.1 Å². The fourth-order valence-corrected chi connectivity index (χ4v) is 3.08. The third-order valence-electron chi connectivity index (χ3n) is 3.98. The zero-order valence-corrected chi connectivity index (χ0v) is 10.9. The number of carbonyl (C=O) groups is 1. The molecule has 0 bridgehead atoms. The zero-order valence-electron chi connectivity index (χ0n) is 10.9. The van der Waals surface area contributed by atoms with Gasteiger partial charge in [-0.3, -0.25) is 0 Å². The normalized spacial score (nSPS) is 20.0. The average Bonchev–Trinajstić information content (AvgIpc) is 2.86. The lowest BCUT2D eigenvalue weighted by molar-refractivity contribution is 0.240. The maximum atomic E-state index is 11.9. The Morgan fingerprint density at radius 2 is 1.70 bits per heavy atom. The Kier molecular flexibility index (Phi) is 2.39. The van der Waals surface area contributed by atoms with Crippen molar-refractivity contribution in [3.8, 4) is 0 Å². The van der Waals surface area contributed by atoms with Gasteiger partial charge in [0.05, 0.1) is 11.7 Å². The van der Waals surface area contributed by atoms with Gasteiger partial charge in [-0.25, -0.2) is 4.79 Å². The molecule has 2 N–H and O–H groups in total. The lowest BCUT2D eigenvalue weighted by Crippen LogP contribution is -2.42. The number of amides is 2. The Balaban J connectivity index is 1.84. The second-order valence-corrected chi connectivity index (χ2v) is 5.18. The predicted molar refractivity (Wildman–Crippen MR) is 77.9 cm³/mol. The molecule has 0 fully saturated rings. The smallest absolute Gasteiger partial charge is 0.319 e. The molecule has 20 heavy (non-hydrogen) atoms. The zero-order chi connectivity index (χ0) is 13.5. The average molecular weight is 262 g/mol. The van der Waals surface area contributed by atoms with E-state index >= 15 is 0 Å². The van der Waals surface area contributed by atoms with E-state index in [1.54, 1.807) is 0 Å². The molecule has 1 atom stereocenters. The SMILES string of the molecule is O=C1NC2=C(Cc3ccccc32)C(c2ccccc2)N1. The largest absolute Gasteiger partial charge is 0.327 e. The Bertz CT molecular complexity index is 719.